The Hall–Kier alpha value is -2.14. The molecule has 5 heteroatoms. The lowest BCUT2D eigenvalue weighted by Crippen LogP contribution is -2.36. The second-order valence-corrected chi connectivity index (χ2v) is 7.47. The molecule has 1 fully saturated rings. The van der Waals surface area contributed by atoms with Gasteiger partial charge in [-0.2, -0.15) is 0 Å². The number of amides is 1. The highest BCUT2D eigenvalue weighted by atomic mass is 16.2. The first-order valence-corrected chi connectivity index (χ1v) is 9.68. The molecule has 1 aliphatic rings. The average molecular weight is 354 g/mol. The maximum absolute atomic E-state index is 12.2. The number of aromatic nitrogens is 2. The van der Waals surface area contributed by atoms with Crippen molar-refractivity contribution in [2.45, 2.75) is 45.1 Å². The summed E-state index contributed by atoms with van der Waals surface area (Å²) in [6.45, 7) is 8.40. The van der Waals surface area contributed by atoms with Gasteiger partial charge in [0.25, 0.3) is 0 Å². The number of likely N-dealkylation sites (tertiary alicyclic amines) is 1. The van der Waals surface area contributed by atoms with E-state index in [1.54, 1.807) is 0 Å². The van der Waals surface area contributed by atoms with Gasteiger partial charge in [-0.15, -0.1) is 0 Å². The van der Waals surface area contributed by atoms with Crippen molar-refractivity contribution >= 4 is 5.91 Å². The molecule has 0 unspecified atom stereocenters. The second-order valence-electron chi connectivity index (χ2n) is 7.47. The molecule has 26 heavy (non-hydrogen) atoms. The van der Waals surface area contributed by atoms with Gasteiger partial charge in [-0.25, -0.2) is 4.98 Å². The van der Waals surface area contributed by atoms with Gasteiger partial charge in [-0.1, -0.05) is 44.2 Å². The second kappa shape index (κ2) is 8.99. The zero-order chi connectivity index (χ0) is 18.4. The molecule has 0 bridgehead atoms. The normalized spacial score (nSPS) is 17.7. The van der Waals surface area contributed by atoms with Crippen LogP contribution in [0.2, 0.25) is 0 Å². The van der Waals surface area contributed by atoms with Gasteiger partial charge in [-0.3, -0.25) is 9.69 Å². The molecule has 1 aromatic carbocycles. The number of nitrogens with one attached hydrogen (secondary N) is 1. The van der Waals surface area contributed by atoms with Gasteiger partial charge in [-0.05, 0) is 30.9 Å². The van der Waals surface area contributed by atoms with Crippen LogP contribution in [0.15, 0.2) is 42.7 Å². The van der Waals surface area contributed by atoms with Crippen molar-refractivity contribution in [3.8, 4) is 0 Å². The number of nitrogens with zero attached hydrogens (tertiary/aromatic N) is 3. The number of carbonyl (C=O) groups is 1. The number of hydrogen-bond acceptors (Lipinski definition) is 3. The summed E-state index contributed by atoms with van der Waals surface area (Å²) in [7, 11) is 0. The fourth-order valence-corrected chi connectivity index (χ4v) is 3.72. The van der Waals surface area contributed by atoms with E-state index in [0.29, 0.717) is 24.9 Å². The average Bonchev–Trinajstić information content (AvgIpc) is 3.29. The van der Waals surface area contributed by atoms with Crippen LogP contribution in [0, 0.1) is 0 Å². The third-order valence-electron chi connectivity index (χ3n) is 5.07. The lowest BCUT2D eigenvalue weighted by atomic mass is 9.99. The standard InChI is InChI=1S/C21H30N4O/c1-17(2)21-23-11-14-25(21)12-6-10-22-20(26)16-24-13-9-19(15-24)18-7-4-3-5-8-18/h3-5,7-8,11,14,17,19H,6,9-10,12-13,15-16H2,1-2H3,(H,22,26)/t19-/m0/s1. The van der Waals surface area contributed by atoms with Crippen molar-refractivity contribution in [2.24, 2.45) is 0 Å². The van der Waals surface area contributed by atoms with Gasteiger partial charge in [0.05, 0.1) is 6.54 Å². The van der Waals surface area contributed by atoms with Crippen LogP contribution in [0.25, 0.3) is 0 Å². The Morgan fingerprint density at radius 2 is 2.12 bits per heavy atom. The maximum Gasteiger partial charge on any atom is 0.234 e. The number of carbonyl (C=O) groups excluding carboxylic acids is 1. The minimum absolute atomic E-state index is 0.133. The third-order valence-corrected chi connectivity index (χ3v) is 5.07. The van der Waals surface area contributed by atoms with E-state index in [-0.39, 0.29) is 5.91 Å². The summed E-state index contributed by atoms with van der Waals surface area (Å²) in [6.07, 6.45) is 5.93. The van der Waals surface area contributed by atoms with E-state index in [0.717, 1.165) is 38.3 Å². The Morgan fingerprint density at radius 3 is 2.88 bits per heavy atom. The molecule has 1 N–H and O–H groups in total. The Labute approximate surface area is 156 Å². The molecule has 0 saturated carbocycles. The van der Waals surface area contributed by atoms with Gasteiger partial charge in [0.15, 0.2) is 0 Å². The molecule has 1 aromatic heterocycles. The van der Waals surface area contributed by atoms with E-state index < -0.39 is 0 Å². The Kier molecular flexibility index (Phi) is 6.45. The molecule has 1 saturated heterocycles. The molecule has 2 aromatic rings. The zero-order valence-electron chi connectivity index (χ0n) is 15.9. The topological polar surface area (TPSA) is 50.2 Å². The molecule has 3 rings (SSSR count). The largest absolute Gasteiger partial charge is 0.355 e. The van der Waals surface area contributed by atoms with E-state index >= 15 is 0 Å². The smallest absolute Gasteiger partial charge is 0.234 e. The van der Waals surface area contributed by atoms with Crippen LogP contribution >= 0.6 is 0 Å². The summed E-state index contributed by atoms with van der Waals surface area (Å²) in [5.41, 5.74) is 1.39. The van der Waals surface area contributed by atoms with Gasteiger partial charge in [0, 0.05) is 37.9 Å². The summed E-state index contributed by atoms with van der Waals surface area (Å²) in [5, 5.41) is 3.06. The first-order chi connectivity index (χ1) is 12.6. The number of benzene rings is 1. The van der Waals surface area contributed by atoms with E-state index in [1.807, 2.05) is 12.4 Å². The van der Waals surface area contributed by atoms with Crippen LogP contribution in [0.3, 0.4) is 0 Å². The number of rotatable bonds is 8. The Morgan fingerprint density at radius 1 is 1.31 bits per heavy atom. The molecule has 0 radical (unpaired) electrons. The molecule has 1 atom stereocenters. The van der Waals surface area contributed by atoms with E-state index in [4.69, 9.17) is 0 Å². The molecule has 1 aliphatic heterocycles. The van der Waals surface area contributed by atoms with Gasteiger partial charge in [0.1, 0.15) is 5.82 Å². The van der Waals surface area contributed by atoms with Crippen LogP contribution in [0.5, 0.6) is 0 Å². The molecule has 1 amide bonds. The molecular formula is C21H30N4O. The highest BCUT2D eigenvalue weighted by molar-refractivity contribution is 5.78. The van der Waals surface area contributed by atoms with Crippen LogP contribution in [-0.4, -0.2) is 46.5 Å². The van der Waals surface area contributed by atoms with Gasteiger partial charge < -0.3 is 9.88 Å². The van der Waals surface area contributed by atoms with Crippen LogP contribution in [0.1, 0.15) is 49.9 Å². The first-order valence-electron chi connectivity index (χ1n) is 9.68. The summed E-state index contributed by atoms with van der Waals surface area (Å²) in [6, 6.07) is 10.6. The number of imidazole rings is 1. The molecular weight excluding hydrogens is 324 g/mol. The summed E-state index contributed by atoms with van der Waals surface area (Å²) in [4.78, 5) is 18.9. The zero-order valence-corrected chi connectivity index (χ0v) is 15.9. The Bertz CT molecular complexity index is 695. The lowest BCUT2D eigenvalue weighted by molar-refractivity contribution is -0.122. The quantitative estimate of drug-likeness (QED) is 0.742. The van der Waals surface area contributed by atoms with Crippen molar-refractivity contribution in [1.82, 2.24) is 19.8 Å². The predicted molar refractivity (Wildman–Crippen MR) is 104 cm³/mol. The lowest BCUT2D eigenvalue weighted by Gasteiger charge is -2.16. The minimum Gasteiger partial charge on any atom is -0.355 e. The highest BCUT2D eigenvalue weighted by Crippen LogP contribution is 2.26. The third kappa shape index (κ3) is 4.94. The van der Waals surface area contributed by atoms with Crippen molar-refractivity contribution in [3.63, 3.8) is 0 Å². The highest BCUT2D eigenvalue weighted by Gasteiger charge is 2.24. The van der Waals surface area contributed by atoms with Crippen molar-refractivity contribution < 1.29 is 4.79 Å². The van der Waals surface area contributed by atoms with Crippen molar-refractivity contribution in [3.05, 3.63) is 54.1 Å². The van der Waals surface area contributed by atoms with E-state index in [9.17, 15) is 4.79 Å². The van der Waals surface area contributed by atoms with Crippen molar-refractivity contribution in [2.75, 3.05) is 26.2 Å². The number of aryl methyl sites for hydroxylation is 1. The minimum atomic E-state index is 0.133. The van der Waals surface area contributed by atoms with Crippen LogP contribution < -0.4 is 5.32 Å². The molecule has 2 heterocycles. The molecule has 140 valence electrons. The maximum atomic E-state index is 12.2. The molecule has 5 nitrogen and oxygen atoms in total. The van der Waals surface area contributed by atoms with Gasteiger partial charge >= 0.3 is 0 Å². The number of hydrogen-bond donors (Lipinski definition) is 1. The molecule has 0 aliphatic carbocycles. The summed E-state index contributed by atoms with van der Waals surface area (Å²) >= 11 is 0. The van der Waals surface area contributed by atoms with E-state index in [1.165, 1.54) is 5.56 Å². The summed E-state index contributed by atoms with van der Waals surface area (Å²) in [5.74, 6) is 2.22. The summed E-state index contributed by atoms with van der Waals surface area (Å²) < 4.78 is 2.18. The molecule has 0 spiro atoms. The fourth-order valence-electron chi connectivity index (χ4n) is 3.72. The van der Waals surface area contributed by atoms with Crippen LogP contribution in [-0.2, 0) is 11.3 Å². The predicted octanol–water partition coefficient (Wildman–Crippen LogP) is 3.00. The Balaban J connectivity index is 1.35. The fraction of sp³-hybridized carbons (Fsp3) is 0.524. The van der Waals surface area contributed by atoms with E-state index in [2.05, 4.69) is 63.9 Å². The first kappa shape index (κ1) is 18.6. The van der Waals surface area contributed by atoms with Crippen LogP contribution in [0.4, 0.5) is 0 Å². The SMILES string of the molecule is CC(C)c1nccn1CCCNC(=O)CN1CC[C@H](c2ccccc2)C1. The van der Waals surface area contributed by atoms with Gasteiger partial charge in [0.2, 0.25) is 5.91 Å². The monoisotopic (exact) mass is 354 g/mol. The van der Waals surface area contributed by atoms with Crippen molar-refractivity contribution in [1.29, 1.82) is 0 Å².